The van der Waals surface area contributed by atoms with Crippen molar-refractivity contribution >= 4 is 5.82 Å². The molecule has 1 aromatic carbocycles. The maximum atomic E-state index is 13.4. The fourth-order valence-corrected chi connectivity index (χ4v) is 1.39. The Hall–Kier alpha value is -2.41. The van der Waals surface area contributed by atoms with Crippen molar-refractivity contribution < 1.29 is 4.39 Å². The fraction of sp³-hybridized carbons (Fsp3) is 0. The second kappa shape index (κ2) is 3.99. The summed E-state index contributed by atoms with van der Waals surface area (Å²) in [6.45, 7) is 0. The summed E-state index contributed by atoms with van der Waals surface area (Å²) in [6.07, 6.45) is 0. The van der Waals surface area contributed by atoms with Gasteiger partial charge in [0.25, 0.3) is 0 Å². The van der Waals surface area contributed by atoms with Crippen molar-refractivity contribution in [1.29, 1.82) is 5.26 Å². The van der Waals surface area contributed by atoms with Gasteiger partial charge < -0.3 is 5.73 Å². The number of nitriles is 1. The van der Waals surface area contributed by atoms with Gasteiger partial charge in [-0.05, 0) is 24.3 Å². The van der Waals surface area contributed by atoms with Crippen LogP contribution in [0.15, 0.2) is 36.4 Å². The lowest BCUT2D eigenvalue weighted by atomic mass is 10.1. The number of rotatable bonds is 1. The van der Waals surface area contributed by atoms with Crippen molar-refractivity contribution in [1.82, 2.24) is 4.98 Å². The standard InChI is InChI=1S/C12H8FN3/c13-10-4-2-1-3-9(10)11-6-5-8(7-14)12(15)16-11/h1-6H,(H2,15,16). The molecule has 0 unspecified atom stereocenters. The molecule has 0 aliphatic rings. The number of hydrogen-bond acceptors (Lipinski definition) is 3. The third kappa shape index (κ3) is 1.71. The summed E-state index contributed by atoms with van der Waals surface area (Å²) >= 11 is 0. The summed E-state index contributed by atoms with van der Waals surface area (Å²) in [5.41, 5.74) is 6.65. The van der Waals surface area contributed by atoms with E-state index in [-0.39, 0.29) is 11.6 Å². The number of halogens is 1. The second-order valence-corrected chi connectivity index (χ2v) is 3.22. The van der Waals surface area contributed by atoms with E-state index in [2.05, 4.69) is 4.98 Å². The van der Waals surface area contributed by atoms with E-state index in [0.717, 1.165) is 0 Å². The number of hydrogen-bond donors (Lipinski definition) is 1. The highest BCUT2D eigenvalue weighted by Crippen LogP contribution is 2.22. The topological polar surface area (TPSA) is 62.7 Å². The normalized spacial score (nSPS) is 9.75. The first kappa shape index (κ1) is 10.1. The Balaban J connectivity index is 2.55. The number of aromatic nitrogens is 1. The van der Waals surface area contributed by atoms with Gasteiger partial charge >= 0.3 is 0 Å². The summed E-state index contributed by atoms with van der Waals surface area (Å²) in [7, 11) is 0. The first-order chi connectivity index (χ1) is 7.72. The van der Waals surface area contributed by atoms with Gasteiger partial charge in [0.2, 0.25) is 0 Å². The van der Waals surface area contributed by atoms with Crippen LogP contribution >= 0.6 is 0 Å². The van der Waals surface area contributed by atoms with Gasteiger partial charge in [0.1, 0.15) is 17.7 Å². The van der Waals surface area contributed by atoms with E-state index in [1.54, 1.807) is 24.3 Å². The summed E-state index contributed by atoms with van der Waals surface area (Å²) in [4.78, 5) is 3.99. The molecule has 0 aliphatic carbocycles. The van der Waals surface area contributed by atoms with Gasteiger partial charge in [-0.25, -0.2) is 9.37 Å². The maximum absolute atomic E-state index is 13.4. The molecule has 0 fully saturated rings. The van der Waals surface area contributed by atoms with Gasteiger partial charge in [-0.2, -0.15) is 5.26 Å². The van der Waals surface area contributed by atoms with Crippen molar-refractivity contribution in [2.45, 2.75) is 0 Å². The van der Waals surface area contributed by atoms with Crippen molar-refractivity contribution in [2.75, 3.05) is 5.73 Å². The molecule has 2 N–H and O–H groups in total. The summed E-state index contributed by atoms with van der Waals surface area (Å²) in [5, 5.41) is 8.69. The molecule has 0 aliphatic heterocycles. The smallest absolute Gasteiger partial charge is 0.142 e. The van der Waals surface area contributed by atoms with E-state index in [9.17, 15) is 4.39 Å². The predicted molar refractivity (Wildman–Crippen MR) is 58.8 cm³/mol. The minimum Gasteiger partial charge on any atom is -0.383 e. The summed E-state index contributed by atoms with van der Waals surface area (Å²) < 4.78 is 13.4. The lowest BCUT2D eigenvalue weighted by molar-refractivity contribution is 0.631. The molecule has 2 rings (SSSR count). The fourth-order valence-electron chi connectivity index (χ4n) is 1.39. The molecule has 4 heteroatoms. The first-order valence-electron chi connectivity index (χ1n) is 4.64. The monoisotopic (exact) mass is 213 g/mol. The number of anilines is 1. The molecule has 0 saturated heterocycles. The molecular weight excluding hydrogens is 205 g/mol. The van der Waals surface area contributed by atoms with Crippen LogP contribution in [0.3, 0.4) is 0 Å². The molecule has 0 atom stereocenters. The molecule has 1 aromatic heterocycles. The lowest BCUT2D eigenvalue weighted by Gasteiger charge is -2.03. The average Bonchev–Trinajstić information content (AvgIpc) is 2.29. The van der Waals surface area contributed by atoms with Crippen LogP contribution in [0.25, 0.3) is 11.3 Å². The Morgan fingerprint density at radius 1 is 1.19 bits per heavy atom. The zero-order chi connectivity index (χ0) is 11.5. The Kier molecular flexibility index (Phi) is 2.52. The minimum absolute atomic E-state index is 0.114. The molecule has 2 aromatic rings. The van der Waals surface area contributed by atoms with E-state index in [1.807, 2.05) is 6.07 Å². The highest BCUT2D eigenvalue weighted by atomic mass is 19.1. The van der Waals surface area contributed by atoms with Crippen LogP contribution < -0.4 is 5.73 Å². The van der Waals surface area contributed by atoms with E-state index in [1.165, 1.54) is 12.1 Å². The number of benzene rings is 1. The molecule has 0 spiro atoms. The summed E-state index contributed by atoms with van der Waals surface area (Å²) in [5.74, 6) is -0.248. The third-order valence-corrected chi connectivity index (χ3v) is 2.19. The third-order valence-electron chi connectivity index (χ3n) is 2.19. The Morgan fingerprint density at radius 3 is 2.56 bits per heavy atom. The minimum atomic E-state index is -0.362. The number of nitrogens with zero attached hydrogens (tertiary/aromatic N) is 2. The van der Waals surface area contributed by atoms with Gasteiger partial charge in [-0.3, -0.25) is 0 Å². The molecule has 78 valence electrons. The van der Waals surface area contributed by atoms with Crippen molar-refractivity contribution in [3.05, 3.63) is 47.8 Å². The quantitative estimate of drug-likeness (QED) is 0.790. The molecule has 0 amide bonds. The van der Waals surface area contributed by atoms with Crippen LogP contribution in [-0.4, -0.2) is 4.98 Å². The zero-order valence-corrected chi connectivity index (χ0v) is 8.31. The SMILES string of the molecule is N#Cc1ccc(-c2ccccc2F)nc1N. The molecule has 3 nitrogen and oxygen atoms in total. The van der Waals surface area contributed by atoms with Gasteiger partial charge in [0.15, 0.2) is 0 Å². The molecule has 16 heavy (non-hydrogen) atoms. The van der Waals surface area contributed by atoms with E-state index in [4.69, 9.17) is 11.0 Å². The van der Waals surface area contributed by atoms with Crippen molar-refractivity contribution in [2.24, 2.45) is 0 Å². The number of nitrogens with two attached hydrogens (primary N) is 1. The van der Waals surface area contributed by atoms with Crippen LogP contribution in [-0.2, 0) is 0 Å². The molecule has 0 saturated carbocycles. The molecular formula is C12H8FN3. The largest absolute Gasteiger partial charge is 0.383 e. The van der Waals surface area contributed by atoms with Gasteiger partial charge in [0, 0.05) is 5.56 Å². The van der Waals surface area contributed by atoms with Gasteiger partial charge in [-0.15, -0.1) is 0 Å². The highest BCUT2D eigenvalue weighted by Gasteiger charge is 2.07. The van der Waals surface area contributed by atoms with Gasteiger partial charge in [-0.1, -0.05) is 12.1 Å². The molecule has 0 bridgehead atoms. The highest BCUT2D eigenvalue weighted by molar-refractivity contribution is 5.64. The van der Waals surface area contributed by atoms with E-state index >= 15 is 0 Å². The average molecular weight is 213 g/mol. The number of nitrogen functional groups attached to an aromatic ring is 1. The first-order valence-corrected chi connectivity index (χ1v) is 4.64. The van der Waals surface area contributed by atoms with Crippen LogP contribution in [0.4, 0.5) is 10.2 Å². The summed E-state index contributed by atoms with van der Waals surface area (Å²) in [6, 6.07) is 11.3. The lowest BCUT2D eigenvalue weighted by Crippen LogP contribution is -1.97. The van der Waals surface area contributed by atoms with Crippen LogP contribution in [0.1, 0.15) is 5.56 Å². The predicted octanol–water partition coefficient (Wildman–Crippen LogP) is 2.34. The number of pyridine rings is 1. The maximum Gasteiger partial charge on any atom is 0.142 e. The molecule has 0 radical (unpaired) electrons. The Morgan fingerprint density at radius 2 is 1.94 bits per heavy atom. The second-order valence-electron chi connectivity index (χ2n) is 3.22. The van der Waals surface area contributed by atoms with Gasteiger partial charge in [0.05, 0.1) is 11.3 Å². The zero-order valence-electron chi connectivity index (χ0n) is 8.31. The van der Waals surface area contributed by atoms with E-state index < -0.39 is 0 Å². The molecule has 1 heterocycles. The van der Waals surface area contributed by atoms with Crippen LogP contribution in [0.5, 0.6) is 0 Å². The Bertz CT molecular complexity index is 573. The Labute approximate surface area is 92.0 Å². The van der Waals surface area contributed by atoms with Crippen LogP contribution in [0, 0.1) is 17.1 Å². The van der Waals surface area contributed by atoms with E-state index in [0.29, 0.717) is 16.8 Å². The van der Waals surface area contributed by atoms with Crippen LogP contribution in [0.2, 0.25) is 0 Å². The van der Waals surface area contributed by atoms with Crippen molar-refractivity contribution in [3.63, 3.8) is 0 Å². The van der Waals surface area contributed by atoms with Crippen molar-refractivity contribution in [3.8, 4) is 17.3 Å².